The first-order chi connectivity index (χ1) is 23.3. The van der Waals surface area contributed by atoms with Gasteiger partial charge in [0.05, 0.1) is 5.69 Å². The van der Waals surface area contributed by atoms with Gasteiger partial charge in [0.2, 0.25) is 0 Å². The minimum Gasteiger partial charge on any atom is -0.434 e. The van der Waals surface area contributed by atoms with E-state index in [1.807, 2.05) is 42.5 Å². The molecule has 2 heterocycles. The smallest absolute Gasteiger partial charge is 0.144 e. The summed E-state index contributed by atoms with van der Waals surface area (Å²) in [5.41, 5.74) is 2.64. The van der Waals surface area contributed by atoms with Crippen LogP contribution in [0, 0.1) is 0 Å². The van der Waals surface area contributed by atoms with Gasteiger partial charge < -0.3 is 9.97 Å². The third-order valence-electron chi connectivity index (χ3n) is 7.94. The molecular formula is C42H34N3P2Rh+. The van der Waals surface area contributed by atoms with Crippen LogP contribution in [0.2, 0.25) is 0 Å². The second kappa shape index (κ2) is 16.5. The number of hydrogen-bond acceptors (Lipinski definition) is 2. The van der Waals surface area contributed by atoms with Crippen molar-refractivity contribution >= 4 is 58.7 Å². The van der Waals surface area contributed by atoms with Crippen LogP contribution in [0.15, 0.2) is 194 Å². The van der Waals surface area contributed by atoms with Gasteiger partial charge in [0.15, 0.2) is 0 Å². The molecule has 0 aliphatic rings. The first-order valence-corrected chi connectivity index (χ1v) is 18.7. The number of benzene rings is 6. The SMILES string of the molecule is [Rh].c1ccc(-c2nc3ccccc3[n-]2)nc1.c1ccc([PH+](c2ccccc2)c2ccccc2[PH+](c2ccccc2)c2ccccc2)cc1. The van der Waals surface area contributed by atoms with Crippen molar-refractivity contribution in [3.8, 4) is 11.5 Å². The first-order valence-electron chi connectivity index (χ1n) is 15.7. The number of rotatable bonds is 7. The minimum atomic E-state index is -1.14. The van der Waals surface area contributed by atoms with Gasteiger partial charge in [-0.15, -0.1) is 0 Å². The van der Waals surface area contributed by atoms with Gasteiger partial charge in [-0.3, -0.25) is 4.98 Å². The van der Waals surface area contributed by atoms with E-state index in [1.165, 1.54) is 31.8 Å². The number of fused-ring (bicyclic) bond motifs is 1. The van der Waals surface area contributed by atoms with Crippen LogP contribution in [0.25, 0.3) is 22.6 Å². The summed E-state index contributed by atoms with van der Waals surface area (Å²) in [6.07, 6.45) is 1.75. The molecule has 0 amide bonds. The molecular weight excluding hydrogens is 711 g/mol. The summed E-state index contributed by atoms with van der Waals surface area (Å²) < 4.78 is 0. The summed E-state index contributed by atoms with van der Waals surface area (Å²) in [6, 6.07) is 67.0. The third-order valence-corrected chi connectivity index (χ3v) is 13.8. The Morgan fingerprint density at radius 3 is 1.21 bits per heavy atom. The van der Waals surface area contributed by atoms with Crippen LogP contribution in [-0.4, -0.2) is 9.97 Å². The number of imidazole rings is 1. The molecule has 0 spiro atoms. The second-order valence-corrected chi connectivity index (χ2v) is 15.9. The van der Waals surface area contributed by atoms with Gasteiger partial charge in [-0.2, -0.15) is 0 Å². The quantitative estimate of drug-likeness (QED) is 0.132. The van der Waals surface area contributed by atoms with E-state index in [2.05, 4.69) is 161 Å². The van der Waals surface area contributed by atoms with E-state index >= 15 is 0 Å². The average molecular weight is 746 g/mol. The minimum absolute atomic E-state index is 0. The molecule has 0 atom stereocenters. The van der Waals surface area contributed by atoms with Crippen molar-refractivity contribution in [2.24, 2.45) is 0 Å². The van der Waals surface area contributed by atoms with Crippen molar-refractivity contribution in [3.63, 3.8) is 0 Å². The van der Waals surface area contributed by atoms with Gasteiger partial charge in [-0.1, -0.05) is 115 Å². The Balaban J connectivity index is 0.000000209. The summed E-state index contributed by atoms with van der Waals surface area (Å²) in [5.74, 6) is 0.691. The van der Waals surface area contributed by atoms with E-state index in [-0.39, 0.29) is 19.5 Å². The molecule has 0 aliphatic heterocycles. The number of nitrogens with zero attached hydrogens (tertiary/aromatic N) is 3. The van der Waals surface area contributed by atoms with Gasteiger partial charge in [0, 0.05) is 25.7 Å². The van der Waals surface area contributed by atoms with Crippen LogP contribution in [0.5, 0.6) is 0 Å². The molecule has 235 valence electrons. The van der Waals surface area contributed by atoms with Crippen LogP contribution in [0.1, 0.15) is 0 Å². The van der Waals surface area contributed by atoms with Crippen molar-refractivity contribution in [1.82, 2.24) is 15.0 Å². The fourth-order valence-electron chi connectivity index (χ4n) is 5.81. The van der Waals surface area contributed by atoms with E-state index in [1.54, 1.807) is 6.20 Å². The Labute approximate surface area is 297 Å². The van der Waals surface area contributed by atoms with Gasteiger partial charge in [0.25, 0.3) is 0 Å². The van der Waals surface area contributed by atoms with Crippen LogP contribution in [0.3, 0.4) is 0 Å². The van der Waals surface area contributed by atoms with E-state index in [0.29, 0.717) is 5.82 Å². The maximum atomic E-state index is 4.41. The number of pyridine rings is 1. The molecule has 0 saturated carbocycles. The molecule has 0 saturated heterocycles. The zero-order valence-corrected chi connectivity index (χ0v) is 29.8. The molecule has 3 nitrogen and oxygen atoms in total. The summed E-state index contributed by atoms with van der Waals surface area (Å²) in [4.78, 5) is 13.0. The Morgan fingerprint density at radius 2 is 0.792 bits per heavy atom. The molecule has 8 rings (SSSR count). The normalized spacial score (nSPS) is 10.7. The Kier molecular flexibility index (Phi) is 11.5. The molecule has 0 bridgehead atoms. The van der Waals surface area contributed by atoms with E-state index in [4.69, 9.17) is 0 Å². The van der Waals surface area contributed by atoms with Crippen molar-refractivity contribution in [2.45, 2.75) is 0 Å². The van der Waals surface area contributed by atoms with Gasteiger partial charge in [-0.05, 0) is 89.7 Å². The fourth-order valence-corrected chi connectivity index (χ4v) is 11.8. The number of hydrogen-bond donors (Lipinski definition) is 0. The van der Waals surface area contributed by atoms with Crippen molar-refractivity contribution in [2.75, 3.05) is 0 Å². The Morgan fingerprint density at radius 1 is 0.396 bits per heavy atom. The van der Waals surface area contributed by atoms with Crippen molar-refractivity contribution < 1.29 is 19.5 Å². The maximum Gasteiger partial charge on any atom is 0.144 e. The van der Waals surface area contributed by atoms with Gasteiger partial charge in [0.1, 0.15) is 47.7 Å². The molecule has 6 aromatic carbocycles. The predicted molar refractivity (Wildman–Crippen MR) is 205 cm³/mol. The fraction of sp³-hybridized carbons (Fsp3) is 0. The maximum absolute atomic E-state index is 4.41. The van der Waals surface area contributed by atoms with Gasteiger partial charge >= 0.3 is 0 Å². The molecule has 0 N–H and O–H groups in total. The number of aromatic nitrogens is 3. The summed E-state index contributed by atoms with van der Waals surface area (Å²) in [6.45, 7) is 0. The zero-order chi connectivity index (χ0) is 31.7. The molecule has 8 aromatic rings. The summed E-state index contributed by atoms with van der Waals surface area (Å²) >= 11 is 0. The molecule has 0 unspecified atom stereocenters. The summed E-state index contributed by atoms with van der Waals surface area (Å²) in [7, 11) is -2.28. The van der Waals surface area contributed by atoms with Crippen LogP contribution in [0.4, 0.5) is 0 Å². The Hall–Kier alpha value is -4.58. The second-order valence-electron chi connectivity index (χ2n) is 11.0. The van der Waals surface area contributed by atoms with E-state index in [9.17, 15) is 0 Å². The van der Waals surface area contributed by atoms with E-state index in [0.717, 1.165) is 16.7 Å². The molecule has 6 heteroatoms. The topological polar surface area (TPSA) is 39.9 Å². The standard InChI is InChI=1S/C30H24P2.C12H8N3.Rh/c1-5-15-25(16-6-1)31(26-17-7-2-8-18-26)29-23-13-14-24-30(29)32(27-19-9-3-10-20-27)28-21-11-4-12-22-28;1-2-6-10-9(5-1)14-12(15-10)11-7-3-4-8-13-11;/h1-24H;1-8H;/q;-1;/p+2. The van der Waals surface area contributed by atoms with Crippen molar-refractivity contribution in [1.29, 1.82) is 0 Å². The Bertz CT molecular complexity index is 1930. The molecule has 1 radical (unpaired) electrons. The average Bonchev–Trinajstić information content (AvgIpc) is 3.60. The molecule has 2 aromatic heterocycles. The molecule has 48 heavy (non-hydrogen) atoms. The molecule has 0 aliphatic carbocycles. The number of para-hydroxylation sites is 2. The molecule has 0 fully saturated rings. The monoisotopic (exact) mass is 745 g/mol. The zero-order valence-electron chi connectivity index (χ0n) is 26.2. The van der Waals surface area contributed by atoms with E-state index < -0.39 is 15.8 Å². The predicted octanol–water partition coefficient (Wildman–Crippen LogP) is 6.92. The van der Waals surface area contributed by atoms with Crippen LogP contribution in [-0.2, 0) is 19.5 Å². The van der Waals surface area contributed by atoms with Crippen LogP contribution < -0.4 is 36.8 Å². The third kappa shape index (κ3) is 7.76. The van der Waals surface area contributed by atoms with Gasteiger partial charge in [-0.25, -0.2) is 0 Å². The largest absolute Gasteiger partial charge is 0.434 e. The summed E-state index contributed by atoms with van der Waals surface area (Å²) in [5, 5.41) is 8.71. The first kappa shape index (κ1) is 33.3. The van der Waals surface area contributed by atoms with Crippen LogP contribution >= 0.6 is 15.8 Å². The van der Waals surface area contributed by atoms with Crippen molar-refractivity contribution in [3.05, 3.63) is 194 Å².